The van der Waals surface area contributed by atoms with Gasteiger partial charge in [0.2, 0.25) is 0 Å². The van der Waals surface area contributed by atoms with Gasteiger partial charge in [-0.1, -0.05) is 6.92 Å². The number of ether oxygens (including phenoxy) is 1. The van der Waals surface area contributed by atoms with Crippen LogP contribution in [0.5, 0.6) is 6.01 Å². The average Bonchev–Trinajstić information content (AvgIpc) is 2.15. The molecule has 0 aliphatic carbocycles. The highest BCUT2D eigenvalue weighted by Gasteiger charge is 1.97. The molecule has 62 valence electrons. The highest BCUT2D eigenvalue weighted by atomic mass is 16.5. The third-order valence-electron chi connectivity index (χ3n) is 1.18. The van der Waals surface area contributed by atoms with E-state index >= 15 is 0 Å². The molecule has 0 radical (unpaired) electrons. The van der Waals surface area contributed by atoms with Crippen molar-refractivity contribution >= 4 is 0 Å². The predicted molar refractivity (Wildman–Crippen MR) is 42.5 cm³/mol. The Morgan fingerprint density at radius 2 is 2.50 bits per heavy atom. The van der Waals surface area contributed by atoms with Gasteiger partial charge in [-0.15, -0.1) is 0 Å². The fourth-order valence-corrected chi connectivity index (χ4v) is 0.666. The van der Waals surface area contributed by atoms with Crippen LogP contribution >= 0.6 is 0 Å². The van der Waals surface area contributed by atoms with Gasteiger partial charge in [-0.3, -0.25) is 0 Å². The van der Waals surface area contributed by atoms with Crippen molar-refractivity contribution in [1.29, 1.82) is 5.26 Å². The van der Waals surface area contributed by atoms with E-state index in [2.05, 4.69) is 9.97 Å². The molecule has 0 bridgehead atoms. The van der Waals surface area contributed by atoms with E-state index in [9.17, 15) is 0 Å². The van der Waals surface area contributed by atoms with Crippen LogP contribution < -0.4 is 4.74 Å². The van der Waals surface area contributed by atoms with Crippen LogP contribution in [0.2, 0.25) is 0 Å². The van der Waals surface area contributed by atoms with E-state index in [-0.39, 0.29) is 6.01 Å². The Kier molecular flexibility index (Phi) is 3.03. The molecule has 12 heavy (non-hydrogen) atoms. The molecule has 0 saturated heterocycles. The highest BCUT2D eigenvalue weighted by Crippen LogP contribution is 2.01. The van der Waals surface area contributed by atoms with Gasteiger partial charge in [0, 0.05) is 6.20 Å². The summed E-state index contributed by atoms with van der Waals surface area (Å²) in [7, 11) is 0. The van der Waals surface area contributed by atoms with Gasteiger partial charge in [-0.05, 0) is 12.5 Å². The van der Waals surface area contributed by atoms with Crippen molar-refractivity contribution in [3.05, 3.63) is 18.0 Å². The molecule has 1 aromatic rings. The van der Waals surface area contributed by atoms with Crippen molar-refractivity contribution in [2.45, 2.75) is 13.3 Å². The number of hydrogen-bond acceptors (Lipinski definition) is 4. The molecular formula is C8H9N3O. The summed E-state index contributed by atoms with van der Waals surface area (Å²) in [4.78, 5) is 7.67. The zero-order chi connectivity index (χ0) is 8.81. The maximum absolute atomic E-state index is 8.49. The van der Waals surface area contributed by atoms with Crippen LogP contribution in [-0.2, 0) is 0 Å². The molecule has 0 unspecified atom stereocenters. The number of aromatic nitrogens is 2. The van der Waals surface area contributed by atoms with Gasteiger partial charge in [0.25, 0.3) is 0 Å². The lowest BCUT2D eigenvalue weighted by Crippen LogP contribution is -2.00. The Hall–Kier alpha value is -1.63. The molecule has 0 amide bonds. The van der Waals surface area contributed by atoms with E-state index in [1.807, 2.05) is 13.0 Å². The molecule has 4 heteroatoms. The second-order valence-corrected chi connectivity index (χ2v) is 2.18. The quantitative estimate of drug-likeness (QED) is 0.670. The summed E-state index contributed by atoms with van der Waals surface area (Å²) in [6, 6.07) is 3.73. The van der Waals surface area contributed by atoms with E-state index < -0.39 is 0 Å². The van der Waals surface area contributed by atoms with Crippen molar-refractivity contribution in [1.82, 2.24) is 9.97 Å². The van der Waals surface area contributed by atoms with E-state index in [4.69, 9.17) is 10.00 Å². The second-order valence-electron chi connectivity index (χ2n) is 2.18. The largest absolute Gasteiger partial charge is 0.463 e. The first-order valence-electron chi connectivity index (χ1n) is 3.72. The van der Waals surface area contributed by atoms with Crippen LogP contribution in [0.25, 0.3) is 0 Å². The zero-order valence-corrected chi connectivity index (χ0v) is 6.82. The van der Waals surface area contributed by atoms with Crippen LogP contribution in [0, 0.1) is 11.3 Å². The van der Waals surface area contributed by atoms with Gasteiger partial charge in [-0.2, -0.15) is 10.2 Å². The molecule has 0 spiro atoms. The molecule has 1 heterocycles. The van der Waals surface area contributed by atoms with E-state index in [0.29, 0.717) is 12.3 Å². The molecular weight excluding hydrogens is 154 g/mol. The molecule has 0 atom stereocenters. The Labute approximate surface area is 70.8 Å². The minimum Gasteiger partial charge on any atom is -0.463 e. The van der Waals surface area contributed by atoms with Crippen molar-refractivity contribution in [3.63, 3.8) is 0 Å². The molecule has 4 nitrogen and oxygen atoms in total. The number of nitrogens with zero attached hydrogens (tertiary/aromatic N) is 3. The third kappa shape index (κ3) is 2.20. The molecule has 0 aromatic carbocycles. The van der Waals surface area contributed by atoms with Crippen LogP contribution in [0.3, 0.4) is 0 Å². The Bertz CT molecular complexity index is 293. The summed E-state index contributed by atoms with van der Waals surface area (Å²) in [5.74, 6) is 0. The number of hydrogen-bond donors (Lipinski definition) is 0. The topological polar surface area (TPSA) is 58.8 Å². The smallest absolute Gasteiger partial charge is 0.317 e. The standard InChI is InChI=1S/C8H9N3O/c1-2-5-12-8-10-4-3-7(6-9)11-8/h3-4H,2,5H2,1H3. The lowest BCUT2D eigenvalue weighted by molar-refractivity contribution is 0.292. The molecule has 0 N–H and O–H groups in total. The van der Waals surface area contributed by atoms with Crippen molar-refractivity contribution in [3.8, 4) is 12.1 Å². The summed E-state index contributed by atoms with van der Waals surface area (Å²) < 4.78 is 5.12. The maximum atomic E-state index is 8.49. The van der Waals surface area contributed by atoms with Gasteiger partial charge in [0.15, 0.2) is 0 Å². The summed E-state index contributed by atoms with van der Waals surface area (Å²) in [5, 5.41) is 8.49. The molecule has 0 aliphatic heterocycles. The minimum absolute atomic E-state index is 0.274. The van der Waals surface area contributed by atoms with Crippen molar-refractivity contribution < 1.29 is 4.74 Å². The van der Waals surface area contributed by atoms with Crippen molar-refractivity contribution in [2.75, 3.05) is 6.61 Å². The van der Waals surface area contributed by atoms with Gasteiger partial charge in [0.1, 0.15) is 11.8 Å². The summed E-state index contributed by atoms with van der Waals surface area (Å²) in [6.45, 7) is 2.57. The normalized spacial score (nSPS) is 9.00. The van der Waals surface area contributed by atoms with Crippen molar-refractivity contribution in [2.24, 2.45) is 0 Å². The molecule has 1 rings (SSSR count). The van der Waals surface area contributed by atoms with Crippen LogP contribution in [0.15, 0.2) is 12.3 Å². The lowest BCUT2D eigenvalue weighted by atomic mass is 10.4. The molecule has 0 saturated carbocycles. The van der Waals surface area contributed by atoms with Gasteiger partial charge in [-0.25, -0.2) is 4.98 Å². The SMILES string of the molecule is CCCOc1nccc(C#N)n1. The van der Waals surface area contributed by atoms with Gasteiger partial charge < -0.3 is 4.74 Å². The second kappa shape index (κ2) is 4.29. The Balaban J connectivity index is 2.68. The third-order valence-corrected chi connectivity index (χ3v) is 1.18. The van der Waals surface area contributed by atoms with E-state index in [0.717, 1.165) is 6.42 Å². The number of rotatable bonds is 3. The Morgan fingerprint density at radius 1 is 1.67 bits per heavy atom. The highest BCUT2D eigenvalue weighted by molar-refractivity contribution is 5.19. The zero-order valence-electron chi connectivity index (χ0n) is 6.82. The maximum Gasteiger partial charge on any atom is 0.317 e. The molecule has 0 aliphatic rings. The predicted octanol–water partition coefficient (Wildman–Crippen LogP) is 1.14. The van der Waals surface area contributed by atoms with Crippen LogP contribution in [-0.4, -0.2) is 16.6 Å². The monoisotopic (exact) mass is 163 g/mol. The first-order chi connectivity index (χ1) is 5.86. The first kappa shape index (κ1) is 8.47. The minimum atomic E-state index is 0.274. The summed E-state index contributed by atoms with van der Waals surface area (Å²) >= 11 is 0. The molecule has 0 fully saturated rings. The number of nitriles is 1. The molecule has 1 aromatic heterocycles. The van der Waals surface area contributed by atoms with E-state index in [1.165, 1.54) is 6.20 Å². The van der Waals surface area contributed by atoms with Gasteiger partial charge in [0.05, 0.1) is 6.61 Å². The Morgan fingerprint density at radius 3 is 3.17 bits per heavy atom. The first-order valence-corrected chi connectivity index (χ1v) is 3.72. The van der Waals surface area contributed by atoms with Crippen LogP contribution in [0.4, 0.5) is 0 Å². The average molecular weight is 163 g/mol. The lowest BCUT2D eigenvalue weighted by Gasteiger charge is -2.00. The van der Waals surface area contributed by atoms with Crippen LogP contribution in [0.1, 0.15) is 19.0 Å². The van der Waals surface area contributed by atoms with Gasteiger partial charge >= 0.3 is 6.01 Å². The fraction of sp³-hybridized carbons (Fsp3) is 0.375. The fourth-order valence-electron chi connectivity index (χ4n) is 0.666. The van der Waals surface area contributed by atoms with E-state index in [1.54, 1.807) is 6.07 Å². The summed E-state index contributed by atoms with van der Waals surface area (Å²) in [6.07, 6.45) is 2.41. The summed E-state index contributed by atoms with van der Waals surface area (Å²) in [5.41, 5.74) is 0.330.